The smallest absolute Gasteiger partial charge is 0.252 e. The minimum absolute atomic E-state index is 0.00163. The third-order valence-electron chi connectivity index (χ3n) is 5.65. The minimum atomic E-state index is -1.21. The molecule has 1 aliphatic heterocycles. The molecule has 2 aliphatic rings. The first kappa shape index (κ1) is 19.7. The van der Waals surface area contributed by atoms with E-state index in [1.165, 1.54) is 0 Å². The van der Waals surface area contributed by atoms with E-state index in [9.17, 15) is 14.7 Å². The second-order valence-corrected chi connectivity index (χ2v) is 7.68. The molecule has 1 saturated carbocycles. The van der Waals surface area contributed by atoms with Crippen LogP contribution in [0.3, 0.4) is 0 Å². The highest BCUT2D eigenvalue weighted by Gasteiger charge is 2.31. The second-order valence-electron chi connectivity index (χ2n) is 7.68. The third kappa shape index (κ3) is 5.22. The van der Waals surface area contributed by atoms with Gasteiger partial charge in [0.1, 0.15) is 12.4 Å². The van der Waals surface area contributed by atoms with Gasteiger partial charge in [-0.2, -0.15) is 0 Å². The van der Waals surface area contributed by atoms with Crippen LogP contribution in [-0.2, 0) is 9.59 Å². The van der Waals surface area contributed by atoms with Crippen molar-refractivity contribution in [3.63, 3.8) is 0 Å². The maximum atomic E-state index is 12.5. The summed E-state index contributed by atoms with van der Waals surface area (Å²) >= 11 is 0. The Labute approximate surface area is 160 Å². The molecule has 1 heterocycles. The zero-order valence-electron chi connectivity index (χ0n) is 16.0. The predicted octanol–water partition coefficient (Wildman–Crippen LogP) is 2.03. The number of benzene rings is 1. The Kier molecular flexibility index (Phi) is 6.72. The lowest BCUT2D eigenvalue weighted by Gasteiger charge is -2.34. The van der Waals surface area contributed by atoms with Crippen molar-refractivity contribution in [2.45, 2.75) is 57.6 Å². The number of aryl methyl sites for hydroxylation is 1. The van der Waals surface area contributed by atoms with Crippen LogP contribution in [0.5, 0.6) is 5.75 Å². The van der Waals surface area contributed by atoms with Gasteiger partial charge >= 0.3 is 0 Å². The van der Waals surface area contributed by atoms with Gasteiger partial charge in [-0.15, -0.1) is 0 Å². The molecule has 27 heavy (non-hydrogen) atoms. The second kappa shape index (κ2) is 9.22. The van der Waals surface area contributed by atoms with E-state index in [2.05, 4.69) is 5.32 Å². The Bertz CT molecular complexity index is 649. The quantitative estimate of drug-likeness (QED) is 0.799. The zero-order valence-corrected chi connectivity index (χ0v) is 16.0. The van der Waals surface area contributed by atoms with Crippen molar-refractivity contribution < 1.29 is 19.4 Å². The van der Waals surface area contributed by atoms with Gasteiger partial charge in [-0.1, -0.05) is 31.0 Å². The molecule has 2 N–H and O–H groups in total. The summed E-state index contributed by atoms with van der Waals surface area (Å²) in [7, 11) is 0. The maximum Gasteiger partial charge on any atom is 0.252 e. The molecule has 1 aromatic rings. The number of carbonyl (C=O) groups is 2. The van der Waals surface area contributed by atoms with Crippen molar-refractivity contribution in [2.24, 2.45) is 5.92 Å². The van der Waals surface area contributed by atoms with E-state index in [0.29, 0.717) is 18.8 Å². The Morgan fingerprint density at radius 3 is 2.52 bits per heavy atom. The molecule has 6 nitrogen and oxygen atoms in total. The minimum Gasteiger partial charge on any atom is -0.490 e. The predicted molar refractivity (Wildman–Crippen MR) is 102 cm³/mol. The van der Waals surface area contributed by atoms with Gasteiger partial charge in [0.2, 0.25) is 5.91 Å². The van der Waals surface area contributed by atoms with Gasteiger partial charge in [-0.05, 0) is 44.2 Å². The van der Waals surface area contributed by atoms with Crippen LogP contribution in [0.2, 0.25) is 0 Å². The molecule has 0 bridgehead atoms. The van der Waals surface area contributed by atoms with Gasteiger partial charge in [0.05, 0.1) is 0 Å². The molecule has 1 saturated heterocycles. The molecule has 2 amide bonds. The van der Waals surface area contributed by atoms with Crippen molar-refractivity contribution in [2.75, 3.05) is 19.7 Å². The lowest BCUT2D eigenvalue weighted by Crippen LogP contribution is -2.50. The van der Waals surface area contributed by atoms with Crippen molar-refractivity contribution in [3.05, 3.63) is 29.8 Å². The molecule has 0 spiro atoms. The van der Waals surface area contributed by atoms with Crippen LogP contribution in [0, 0.1) is 12.8 Å². The van der Waals surface area contributed by atoms with Gasteiger partial charge in [0.15, 0.2) is 6.10 Å². The lowest BCUT2D eigenvalue weighted by atomic mass is 10.0. The topological polar surface area (TPSA) is 78.9 Å². The molecular formula is C21H30N2O4. The molecule has 1 atom stereocenters. The molecule has 3 rings (SSSR count). The number of aliphatic hydroxyl groups is 1. The largest absolute Gasteiger partial charge is 0.490 e. The Hall–Kier alpha value is -2.08. The molecular weight excluding hydrogens is 344 g/mol. The summed E-state index contributed by atoms with van der Waals surface area (Å²) in [6, 6.07) is 7.50. The molecule has 1 aromatic carbocycles. The Morgan fingerprint density at radius 2 is 1.85 bits per heavy atom. The van der Waals surface area contributed by atoms with Crippen LogP contribution in [-0.4, -0.2) is 53.7 Å². The van der Waals surface area contributed by atoms with Gasteiger partial charge in [-0.3, -0.25) is 9.59 Å². The first-order valence-corrected chi connectivity index (χ1v) is 10.00. The Morgan fingerprint density at radius 1 is 1.19 bits per heavy atom. The summed E-state index contributed by atoms with van der Waals surface area (Å²) in [4.78, 5) is 26.6. The summed E-state index contributed by atoms with van der Waals surface area (Å²) in [5, 5.41) is 13.0. The van der Waals surface area contributed by atoms with Crippen LogP contribution in [0.1, 0.15) is 44.1 Å². The van der Waals surface area contributed by atoms with Gasteiger partial charge in [-0.25, -0.2) is 0 Å². The van der Waals surface area contributed by atoms with Crippen LogP contribution in [0.25, 0.3) is 0 Å². The number of aliphatic hydroxyl groups excluding tert-OH is 1. The van der Waals surface area contributed by atoms with E-state index in [-0.39, 0.29) is 24.5 Å². The van der Waals surface area contributed by atoms with Crippen molar-refractivity contribution in [1.29, 1.82) is 0 Å². The number of piperidine rings is 1. The fourth-order valence-electron chi connectivity index (χ4n) is 3.94. The summed E-state index contributed by atoms with van der Waals surface area (Å²) in [5.74, 6) is 0.743. The van der Waals surface area contributed by atoms with Crippen LogP contribution in [0.4, 0.5) is 0 Å². The standard InChI is InChI=1S/C21H30N2O4/c1-15-6-2-5-9-19(15)27-14-18(24)20(25)22-17-10-12-23(13-11-17)21(26)16-7-3-4-8-16/h2,5-6,9,16-18,24H,3-4,7-8,10-14H2,1H3,(H,22,25). The van der Waals surface area contributed by atoms with Crippen LogP contribution >= 0.6 is 0 Å². The Balaban J connectivity index is 1.39. The van der Waals surface area contributed by atoms with Gasteiger partial charge in [0.25, 0.3) is 5.91 Å². The molecule has 0 aromatic heterocycles. The van der Waals surface area contributed by atoms with Crippen LogP contribution < -0.4 is 10.1 Å². The van der Waals surface area contributed by atoms with Crippen molar-refractivity contribution in [1.82, 2.24) is 10.2 Å². The van der Waals surface area contributed by atoms with E-state index < -0.39 is 12.0 Å². The highest BCUT2D eigenvalue weighted by Crippen LogP contribution is 2.27. The highest BCUT2D eigenvalue weighted by atomic mass is 16.5. The summed E-state index contributed by atoms with van der Waals surface area (Å²) in [6.45, 7) is 3.20. The maximum absolute atomic E-state index is 12.5. The fourth-order valence-corrected chi connectivity index (χ4v) is 3.94. The first-order chi connectivity index (χ1) is 13.0. The number of amides is 2. The van der Waals surface area contributed by atoms with E-state index in [1.54, 1.807) is 0 Å². The lowest BCUT2D eigenvalue weighted by molar-refractivity contribution is -0.136. The van der Waals surface area contributed by atoms with Crippen LogP contribution in [0.15, 0.2) is 24.3 Å². The van der Waals surface area contributed by atoms with E-state index in [0.717, 1.165) is 44.1 Å². The number of para-hydroxylation sites is 1. The molecule has 1 aliphatic carbocycles. The third-order valence-corrected chi connectivity index (χ3v) is 5.65. The number of ether oxygens (including phenoxy) is 1. The number of rotatable bonds is 6. The van der Waals surface area contributed by atoms with Gasteiger partial charge in [0, 0.05) is 25.0 Å². The average Bonchev–Trinajstić information content (AvgIpc) is 3.22. The number of carbonyl (C=O) groups excluding carboxylic acids is 2. The first-order valence-electron chi connectivity index (χ1n) is 10.00. The van der Waals surface area contributed by atoms with E-state index in [1.807, 2.05) is 36.1 Å². The van der Waals surface area contributed by atoms with Crippen molar-refractivity contribution in [3.8, 4) is 5.75 Å². The number of nitrogens with one attached hydrogen (secondary N) is 1. The van der Waals surface area contributed by atoms with E-state index in [4.69, 9.17) is 4.74 Å². The molecule has 1 unspecified atom stereocenters. The van der Waals surface area contributed by atoms with E-state index >= 15 is 0 Å². The van der Waals surface area contributed by atoms with Gasteiger partial charge < -0.3 is 20.1 Å². The molecule has 148 valence electrons. The summed E-state index contributed by atoms with van der Waals surface area (Å²) < 4.78 is 5.55. The fraction of sp³-hybridized carbons (Fsp3) is 0.619. The normalized spacial score (nSPS) is 19.7. The number of hydrogen-bond donors (Lipinski definition) is 2. The number of nitrogens with zero attached hydrogens (tertiary/aromatic N) is 1. The highest BCUT2D eigenvalue weighted by molar-refractivity contribution is 5.81. The molecule has 0 radical (unpaired) electrons. The summed E-state index contributed by atoms with van der Waals surface area (Å²) in [6.07, 6.45) is 4.61. The monoisotopic (exact) mass is 374 g/mol. The summed E-state index contributed by atoms with van der Waals surface area (Å²) in [5.41, 5.74) is 0.962. The zero-order chi connectivity index (χ0) is 19.2. The number of likely N-dealkylation sites (tertiary alicyclic amines) is 1. The molecule has 6 heteroatoms. The molecule has 2 fully saturated rings. The number of hydrogen-bond acceptors (Lipinski definition) is 4. The SMILES string of the molecule is Cc1ccccc1OCC(O)C(=O)NC1CCN(C(=O)C2CCCC2)CC1. The average molecular weight is 374 g/mol. The van der Waals surface area contributed by atoms with Crippen molar-refractivity contribution >= 4 is 11.8 Å².